The Morgan fingerprint density at radius 2 is 2.20 bits per heavy atom. The molecular weight excluding hydrogens is 262 g/mol. The van der Waals surface area contributed by atoms with Crippen LogP contribution in [0, 0.1) is 6.92 Å². The Bertz CT molecular complexity index is 624. The maximum atomic E-state index is 11.7. The van der Waals surface area contributed by atoms with Crippen LogP contribution in [0.4, 0.5) is 10.5 Å². The van der Waals surface area contributed by atoms with Gasteiger partial charge >= 0.3 is 12.0 Å². The van der Waals surface area contributed by atoms with Gasteiger partial charge in [-0.3, -0.25) is 5.10 Å². The van der Waals surface area contributed by atoms with Crippen molar-refractivity contribution in [3.63, 3.8) is 0 Å². The number of aromatic nitrogens is 3. The number of nitrogens with one attached hydrogen (secondary N) is 3. The second kappa shape index (κ2) is 5.83. The second-order valence-electron chi connectivity index (χ2n) is 4.07. The van der Waals surface area contributed by atoms with Gasteiger partial charge in [0.2, 0.25) is 0 Å². The van der Waals surface area contributed by atoms with Gasteiger partial charge in [-0.25, -0.2) is 14.6 Å². The van der Waals surface area contributed by atoms with Crippen molar-refractivity contribution >= 4 is 17.7 Å². The zero-order valence-corrected chi connectivity index (χ0v) is 10.7. The lowest BCUT2D eigenvalue weighted by Crippen LogP contribution is -2.29. The van der Waals surface area contributed by atoms with Gasteiger partial charge in [0.05, 0.1) is 12.1 Å². The predicted octanol–water partition coefficient (Wildman–Crippen LogP) is 1.13. The lowest BCUT2D eigenvalue weighted by Gasteiger charge is -2.10. The first-order valence-electron chi connectivity index (χ1n) is 5.79. The molecule has 1 heterocycles. The molecule has 0 fully saturated rings. The Labute approximate surface area is 114 Å². The summed E-state index contributed by atoms with van der Waals surface area (Å²) in [5, 5.41) is 20.4. The number of carbonyl (C=O) groups is 2. The van der Waals surface area contributed by atoms with Gasteiger partial charge in [-0.1, -0.05) is 6.07 Å². The Morgan fingerprint density at radius 1 is 1.40 bits per heavy atom. The minimum Gasteiger partial charge on any atom is -0.478 e. The van der Waals surface area contributed by atoms with E-state index < -0.39 is 12.0 Å². The Hall–Kier alpha value is -2.90. The van der Waals surface area contributed by atoms with Crippen molar-refractivity contribution in [3.05, 3.63) is 41.5 Å². The SMILES string of the molecule is Cc1ccc(C(=O)O)cc1NC(=O)NCc1ncn[nH]1. The normalized spacial score (nSPS) is 10.1. The fraction of sp³-hybridized carbons (Fsp3) is 0.167. The summed E-state index contributed by atoms with van der Waals surface area (Å²) < 4.78 is 0. The Morgan fingerprint density at radius 3 is 2.85 bits per heavy atom. The molecule has 1 aromatic heterocycles. The summed E-state index contributed by atoms with van der Waals surface area (Å²) in [6, 6.07) is 4.07. The number of carbonyl (C=O) groups excluding carboxylic acids is 1. The smallest absolute Gasteiger partial charge is 0.335 e. The van der Waals surface area contributed by atoms with E-state index in [1.807, 2.05) is 0 Å². The van der Waals surface area contributed by atoms with Crippen LogP contribution in [-0.4, -0.2) is 32.3 Å². The van der Waals surface area contributed by atoms with Crippen molar-refractivity contribution in [2.75, 3.05) is 5.32 Å². The molecule has 4 N–H and O–H groups in total. The van der Waals surface area contributed by atoms with Crippen molar-refractivity contribution < 1.29 is 14.7 Å². The lowest BCUT2D eigenvalue weighted by atomic mass is 10.1. The third-order valence-electron chi connectivity index (χ3n) is 2.61. The monoisotopic (exact) mass is 275 g/mol. The van der Waals surface area contributed by atoms with Gasteiger partial charge in [0, 0.05) is 5.69 Å². The van der Waals surface area contributed by atoms with E-state index in [1.165, 1.54) is 18.5 Å². The minimum absolute atomic E-state index is 0.112. The highest BCUT2D eigenvalue weighted by Gasteiger charge is 2.09. The topological polar surface area (TPSA) is 120 Å². The summed E-state index contributed by atoms with van der Waals surface area (Å²) in [5.74, 6) is -0.522. The van der Waals surface area contributed by atoms with Crippen LogP contribution < -0.4 is 10.6 Å². The number of rotatable bonds is 4. The van der Waals surface area contributed by atoms with Crippen molar-refractivity contribution in [2.24, 2.45) is 0 Å². The van der Waals surface area contributed by atoms with Gasteiger partial charge < -0.3 is 15.7 Å². The molecule has 0 bridgehead atoms. The van der Waals surface area contributed by atoms with Crippen LogP contribution >= 0.6 is 0 Å². The average molecular weight is 275 g/mol. The molecule has 104 valence electrons. The van der Waals surface area contributed by atoms with Crippen molar-refractivity contribution in [2.45, 2.75) is 13.5 Å². The van der Waals surface area contributed by atoms with E-state index in [0.717, 1.165) is 5.56 Å². The molecule has 0 saturated heterocycles. The van der Waals surface area contributed by atoms with Gasteiger partial charge in [0.25, 0.3) is 0 Å². The van der Waals surface area contributed by atoms with Gasteiger partial charge in [-0.2, -0.15) is 5.10 Å². The maximum absolute atomic E-state index is 11.7. The van der Waals surface area contributed by atoms with Crippen LogP contribution in [0.25, 0.3) is 0 Å². The van der Waals surface area contributed by atoms with E-state index in [9.17, 15) is 9.59 Å². The molecule has 0 radical (unpaired) electrons. The van der Waals surface area contributed by atoms with Crippen LogP contribution in [0.3, 0.4) is 0 Å². The third kappa shape index (κ3) is 3.31. The predicted molar refractivity (Wildman–Crippen MR) is 70.4 cm³/mol. The molecule has 20 heavy (non-hydrogen) atoms. The van der Waals surface area contributed by atoms with Crippen molar-refractivity contribution in [1.82, 2.24) is 20.5 Å². The number of H-pyrrole nitrogens is 1. The number of amides is 2. The standard InChI is InChI=1S/C12H13N5O3/c1-7-2-3-8(11(18)19)4-9(7)16-12(20)13-5-10-14-6-15-17-10/h2-4,6H,5H2,1H3,(H,18,19)(H2,13,16,20)(H,14,15,17). The molecule has 2 amide bonds. The number of carboxylic acid groups (broad SMARTS) is 1. The van der Waals surface area contributed by atoms with E-state index in [-0.39, 0.29) is 12.1 Å². The van der Waals surface area contributed by atoms with E-state index >= 15 is 0 Å². The molecule has 0 saturated carbocycles. The van der Waals surface area contributed by atoms with Crippen LogP contribution in [0.15, 0.2) is 24.5 Å². The van der Waals surface area contributed by atoms with E-state index in [2.05, 4.69) is 25.8 Å². The van der Waals surface area contributed by atoms with Crippen LogP contribution in [0.2, 0.25) is 0 Å². The number of aromatic amines is 1. The molecule has 0 spiro atoms. The van der Waals surface area contributed by atoms with Gasteiger partial charge in [0.15, 0.2) is 0 Å². The van der Waals surface area contributed by atoms with E-state index in [0.29, 0.717) is 11.5 Å². The largest absolute Gasteiger partial charge is 0.478 e. The summed E-state index contributed by atoms with van der Waals surface area (Å²) in [5.41, 5.74) is 1.32. The molecule has 0 aliphatic carbocycles. The van der Waals surface area contributed by atoms with E-state index in [4.69, 9.17) is 5.11 Å². The Kier molecular flexibility index (Phi) is 3.94. The Balaban J connectivity index is 2.00. The second-order valence-corrected chi connectivity index (χ2v) is 4.07. The fourth-order valence-corrected chi connectivity index (χ4v) is 1.54. The number of nitrogens with zero attached hydrogens (tertiary/aromatic N) is 2. The molecule has 2 aromatic rings. The van der Waals surface area contributed by atoms with Crippen LogP contribution in [0.5, 0.6) is 0 Å². The molecule has 1 aromatic carbocycles. The number of urea groups is 1. The van der Waals surface area contributed by atoms with Crippen LogP contribution in [0.1, 0.15) is 21.7 Å². The number of aromatic carboxylic acids is 1. The zero-order chi connectivity index (χ0) is 14.5. The van der Waals surface area contributed by atoms with E-state index in [1.54, 1.807) is 13.0 Å². The first kappa shape index (κ1) is 13.5. The number of hydrogen-bond acceptors (Lipinski definition) is 4. The first-order chi connectivity index (χ1) is 9.56. The summed E-state index contributed by atoms with van der Waals surface area (Å²) >= 11 is 0. The summed E-state index contributed by atoms with van der Waals surface area (Å²) in [6.07, 6.45) is 1.34. The number of anilines is 1. The first-order valence-corrected chi connectivity index (χ1v) is 5.79. The molecule has 0 atom stereocenters. The molecule has 0 aliphatic heterocycles. The highest BCUT2D eigenvalue weighted by molar-refractivity contribution is 5.93. The molecular formula is C12H13N5O3. The number of aryl methyl sites for hydroxylation is 1. The van der Waals surface area contributed by atoms with Gasteiger partial charge in [0.1, 0.15) is 12.2 Å². The maximum Gasteiger partial charge on any atom is 0.335 e. The fourth-order valence-electron chi connectivity index (χ4n) is 1.54. The highest BCUT2D eigenvalue weighted by Crippen LogP contribution is 2.16. The van der Waals surface area contributed by atoms with Crippen LogP contribution in [-0.2, 0) is 6.54 Å². The minimum atomic E-state index is -1.05. The number of benzene rings is 1. The molecule has 8 heteroatoms. The van der Waals surface area contributed by atoms with Crippen molar-refractivity contribution in [1.29, 1.82) is 0 Å². The average Bonchev–Trinajstić information content (AvgIpc) is 2.92. The number of hydrogen-bond donors (Lipinski definition) is 4. The third-order valence-corrected chi connectivity index (χ3v) is 2.61. The summed E-state index contributed by atoms with van der Waals surface area (Å²) in [7, 11) is 0. The summed E-state index contributed by atoms with van der Waals surface area (Å²) in [6.45, 7) is 1.97. The lowest BCUT2D eigenvalue weighted by molar-refractivity contribution is 0.0697. The zero-order valence-electron chi connectivity index (χ0n) is 10.7. The van der Waals surface area contributed by atoms with Gasteiger partial charge in [-0.15, -0.1) is 0 Å². The molecule has 0 unspecified atom stereocenters. The molecule has 0 aliphatic rings. The molecule has 8 nitrogen and oxygen atoms in total. The van der Waals surface area contributed by atoms with Gasteiger partial charge in [-0.05, 0) is 24.6 Å². The summed E-state index contributed by atoms with van der Waals surface area (Å²) in [4.78, 5) is 26.5. The van der Waals surface area contributed by atoms with Crippen molar-refractivity contribution in [3.8, 4) is 0 Å². The highest BCUT2D eigenvalue weighted by atomic mass is 16.4. The molecule has 2 rings (SSSR count). The quantitative estimate of drug-likeness (QED) is 0.666. The number of carboxylic acids is 1.